The molecule has 11 nitrogen and oxygen atoms in total. The van der Waals surface area contributed by atoms with Crippen molar-refractivity contribution < 1.29 is 14.5 Å². The van der Waals surface area contributed by atoms with Gasteiger partial charge in [-0.3, -0.25) is 19.7 Å². The molecule has 5 aromatic rings. The number of halogens is 1. The van der Waals surface area contributed by atoms with Gasteiger partial charge >= 0.3 is 0 Å². The molecular formula is C32H30BrN7O4S. The molecule has 2 amide bonds. The van der Waals surface area contributed by atoms with E-state index in [4.69, 9.17) is 4.98 Å². The number of rotatable bonds is 9. The molecule has 3 heterocycles. The van der Waals surface area contributed by atoms with Crippen LogP contribution in [0.3, 0.4) is 0 Å². The van der Waals surface area contributed by atoms with Crippen molar-refractivity contribution in [2.75, 3.05) is 25.4 Å². The second kappa shape index (κ2) is 13.3. The summed E-state index contributed by atoms with van der Waals surface area (Å²) in [5.74, 6) is 0.524. The summed E-state index contributed by atoms with van der Waals surface area (Å²) in [6.07, 6.45) is 1.04. The number of piperazine rings is 1. The first-order chi connectivity index (χ1) is 21.8. The minimum Gasteiger partial charge on any atom is -0.339 e. The monoisotopic (exact) mass is 687 g/mol. The van der Waals surface area contributed by atoms with Crippen LogP contribution in [0.1, 0.15) is 35.7 Å². The van der Waals surface area contributed by atoms with Gasteiger partial charge in [-0.05, 0) is 49.2 Å². The summed E-state index contributed by atoms with van der Waals surface area (Å²) in [5.41, 5.74) is 4.08. The van der Waals surface area contributed by atoms with Gasteiger partial charge in [0.2, 0.25) is 11.1 Å². The Kier molecular flexibility index (Phi) is 9.08. The number of non-ortho nitro benzene ring substituents is 1. The van der Waals surface area contributed by atoms with E-state index in [1.54, 1.807) is 9.80 Å². The van der Waals surface area contributed by atoms with Crippen molar-refractivity contribution in [3.05, 3.63) is 98.5 Å². The van der Waals surface area contributed by atoms with Crippen molar-refractivity contribution >= 4 is 67.3 Å². The highest BCUT2D eigenvalue weighted by atomic mass is 79.9. The van der Waals surface area contributed by atoms with Gasteiger partial charge in [0, 0.05) is 71.9 Å². The third kappa shape index (κ3) is 6.69. The summed E-state index contributed by atoms with van der Waals surface area (Å²) < 4.78 is 3.20. The highest BCUT2D eigenvalue weighted by molar-refractivity contribution is 9.10. The number of amides is 2. The molecule has 1 aliphatic rings. The molecule has 0 N–H and O–H groups in total. The Morgan fingerprint density at radius 1 is 1.02 bits per heavy atom. The number of benzene rings is 3. The molecule has 13 heteroatoms. The Labute approximate surface area is 271 Å². The van der Waals surface area contributed by atoms with Crippen LogP contribution in [-0.4, -0.2) is 77.7 Å². The number of aromatic nitrogens is 4. The summed E-state index contributed by atoms with van der Waals surface area (Å²) >= 11 is 4.99. The van der Waals surface area contributed by atoms with Crippen LogP contribution in [0.25, 0.3) is 22.1 Å². The summed E-state index contributed by atoms with van der Waals surface area (Å²) in [5, 5.41) is 21.4. The number of carbonyl (C=O) groups is 2. The standard InChI is InChI=1S/C32H30BrN7O4S/c1-21-19-37(16-17-38(21)31(42)23-10-14-25(15-11-23)40(43)44)28(41)7-4-18-45-32-34-30-29(35-36-32)26-5-2-3-6-27(26)39(30)20-22-8-12-24(33)13-9-22/h2-3,5-6,8-15,21H,4,7,16-20H2,1H3. The van der Waals surface area contributed by atoms with Crippen LogP contribution in [0.15, 0.2) is 82.4 Å². The van der Waals surface area contributed by atoms with Crippen molar-refractivity contribution in [3.63, 3.8) is 0 Å². The second-order valence-corrected chi connectivity index (χ2v) is 12.9. The predicted molar refractivity (Wildman–Crippen MR) is 176 cm³/mol. The quantitative estimate of drug-likeness (QED) is 0.0806. The molecule has 1 saturated heterocycles. The predicted octanol–water partition coefficient (Wildman–Crippen LogP) is 5.94. The maximum absolute atomic E-state index is 13.0. The molecule has 230 valence electrons. The van der Waals surface area contributed by atoms with E-state index in [0.717, 1.165) is 32.1 Å². The molecule has 45 heavy (non-hydrogen) atoms. The number of fused-ring (bicyclic) bond motifs is 3. The molecule has 6 rings (SSSR count). The van der Waals surface area contributed by atoms with Crippen LogP contribution in [0, 0.1) is 10.1 Å². The molecule has 0 saturated carbocycles. The van der Waals surface area contributed by atoms with E-state index in [9.17, 15) is 19.7 Å². The Morgan fingerprint density at radius 3 is 2.51 bits per heavy atom. The molecule has 0 radical (unpaired) electrons. The molecule has 1 atom stereocenters. The Hall–Kier alpha value is -4.36. The molecule has 1 unspecified atom stereocenters. The molecule has 1 fully saturated rings. The molecular weight excluding hydrogens is 658 g/mol. The molecule has 2 aromatic heterocycles. The van der Waals surface area contributed by atoms with Crippen LogP contribution < -0.4 is 0 Å². The van der Waals surface area contributed by atoms with E-state index in [-0.39, 0.29) is 23.5 Å². The molecule has 0 spiro atoms. The van der Waals surface area contributed by atoms with Crippen molar-refractivity contribution in [1.82, 2.24) is 29.5 Å². The van der Waals surface area contributed by atoms with E-state index >= 15 is 0 Å². The SMILES string of the molecule is CC1CN(C(=O)CCCSc2nnc3c4ccccc4n(Cc4ccc(Br)cc4)c3n2)CCN1C(=O)c1ccc([N+](=O)[O-])cc1. The highest BCUT2D eigenvalue weighted by Gasteiger charge is 2.30. The molecule has 3 aromatic carbocycles. The van der Waals surface area contributed by atoms with Crippen LogP contribution in [0.2, 0.25) is 0 Å². The van der Waals surface area contributed by atoms with Crippen molar-refractivity contribution in [2.45, 2.75) is 37.5 Å². The minimum absolute atomic E-state index is 0.0500. The van der Waals surface area contributed by atoms with Crippen molar-refractivity contribution in [2.24, 2.45) is 0 Å². The number of thioether (sulfide) groups is 1. The van der Waals surface area contributed by atoms with Crippen LogP contribution in [0.5, 0.6) is 0 Å². The summed E-state index contributed by atoms with van der Waals surface area (Å²) in [4.78, 5) is 44.8. The summed E-state index contributed by atoms with van der Waals surface area (Å²) in [6, 6.07) is 21.8. The normalized spacial score (nSPS) is 15.1. The van der Waals surface area contributed by atoms with E-state index in [1.807, 2.05) is 37.3 Å². The average molecular weight is 689 g/mol. The van der Waals surface area contributed by atoms with E-state index in [0.29, 0.717) is 55.5 Å². The smallest absolute Gasteiger partial charge is 0.269 e. The number of nitrogens with zero attached hydrogens (tertiary/aromatic N) is 7. The van der Waals surface area contributed by atoms with E-state index in [1.165, 1.54) is 36.0 Å². The van der Waals surface area contributed by atoms with Gasteiger partial charge in [-0.1, -0.05) is 58.0 Å². The van der Waals surface area contributed by atoms with Crippen molar-refractivity contribution in [3.8, 4) is 0 Å². The number of hydrogen-bond acceptors (Lipinski definition) is 8. The number of hydrogen-bond donors (Lipinski definition) is 0. The first-order valence-corrected chi connectivity index (χ1v) is 16.4. The maximum Gasteiger partial charge on any atom is 0.269 e. The first-order valence-electron chi connectivity index (χ1n) is 14.6. The third-order valence-electron chi connectivity index (χ3n) is 7.94. The van der Waals surface area contributed by atoms with E-state index in [2.05, 4.69) is 48.9 Å². The fourth-order valence-electron chi connectivity index (χ4n) is 5.61. The van der Waals surface area contributed by atoms with Gasteiger partial charge in [0.15, 0.2) is 5.65 Å². The zero-order chi connectivity index (χ0) is 31.5. The van der Waals surface area contributed by atoms with Gasteiger partial charge in [0.25, 0.3) is 11.6 Å². The number of nitro benzene ring substituents is 1. The van der Waals surface area contributed by atoms with Crippen LogP contribution >= 0.6 is 27.7 Å². The molecule has 0 bridgehead atoms. The fraction of sp³-hybridized carbons (Fsp3) is 0.281. The van der Waals surface area contributed by atoms with Crippen LogP contribution in [0.4, 0.5) is 5.69 Å². The van der Waals surface area contributed by atoms with Gasteiger partial charge in [0.05, 0.1) is 10.4 Å². The lowest BCUT2D eigenvalue weighted by Gasteiger charge is -2.40. The minimum atomic E-state index is -0.491. The maximum atomic E-state index is 13.0. The lowest BCUT2D eigenvalue weighted by atomic mass is 10.1. The Morgan fingerprint density at radius 2 is 1.78 bits per heavy atom. The zero-order valence-electron chi connectivity index (χ0n) is 24.5. The first kappa shape index (κ1) is 30.7. The van der Waals surface area contributed by atoms with Crippen molar-refractivity contribution in [1.29, 1.82) is 0 Å². The fourth-order valence-corrected chi connectivity index (χ4v) is 6.59. The largest absolute Gasteiger partial charge is 0.339 e. The average Bonchev–Trinajstić information content (AvgIpc) is 3.36. The number of para-hydroxylation sites is 1. The topological polar surface area (TPSA) is 127 Å². The van der Waals surface area contributed by atoms with Gasteiger partial charge in [0.1, 0.15) is 5.52 Å². The number of carbonyl (C=O) groups excluding carboxylic acids is 2. The zero-order valence-corrected chi connectivity index (χ0v) is 26.9. The molecule has 0 aliphatic carbocycles. The van der Waals surface area contributed by atoms with Gasteiger partial charge in [-0.2, -0.15) is 0 Å². The molecule has 1 aliphatic heterocycles. The summed E-state index contributed by atoms with van der Waals surface area (Å²) in [6.45, 7) is 3.86. The Balaban J connectivity index is 1.04. The lowest BCUT2D eigenvalue weighted by Crippen LogP contribution is -2.55. The summed E-state index contributed by atoms with van der Waals surface area (Å²) in [7, 11) is 0. The Bertz CT molecular complexity index is 1880. The highest BCUT2D eigenvalue weighted by Crippen LogP contribution is 2.28. The third-order valence-corrected chi connectivity index (χ3v) is 9.39. The lowest BCUT2D eigenvalue weighted by molar-refractivity contribution is -0.384. The van der Waals surface area contributed by atoms with Gasteiger partial charge in [-0.15, -0.1) is 10.2 Å². The van der Waals surface area contributed by atoms with Gasteiger partial charge < -0.3 is 14.4 Å². The number of nitro groups is 1. The van der Waals surface area contributed by atoms with E-state index < -0.39 is 4.92 Å². The van der Waals surface area contributed by atoms with Gasteiger partial charge in [-0.25, -0.2) is 4.98 Å². The van der Waals surface area contributed by atoms with Crippen LogP contribution in [-0.2, 0) is 11.3 Å². The second-order valence-electron chi connectivity index (χ2n) is 10.9.